The first kappa shape index (κ1) is 18.7. The highest BCUT2D eigenvalue weighted by atomic mass is 79.9. The minimum atomic E-state index is -0.431. The van der Waals surface area contributed by atoms with Crippen LogP contribution in [0.25, 0.3) is 11.4 Å². The lowest BCUT2D eigenvalue weighted by molar-refractivity contribution is -0.130. The summed E-state index contributed by atoms with van der Waals surface area (Å²) in [5.41, 5.74) is 1.52. The summed E-state index contributed by atoms with van der Waals surface area (Å²) in [5.74, 6) is 2.05. The summed E-state index contributed by atoms with van der Waals surface area (Å²) in [4.78, 5) is 17.4. The number of methoxy groups -OCH3 is 1. The highest BCUT2D eigenvalue weighted by Gasteiger charge is 2.45. The number of hydrogen-bond acceptors (Lipinski definition) is 4. The summed E-state index contributed by atoms with van der Waals surface area (Å²) in [6.07, 6.45) is 2.80. The molecule has 1 aliphatic rings. The second-order valence-corrected chi connectivity index (χ2v) is 7.88. The van der Waals surface area contributed by atoms with Crippen LogP contribution in [0.1, 0.15) is 30.7 Å². The van der Waals surface area contributed by atoms with Crippen LogP contribution in [0.5, 0.6) is 5.75 Å². The van der Waals surface area contributed by atoms with Gasteiger partial charge in [-0.05, 0) is 54.8 Å². The van der Waals surface area contributed by atoms with Gasteiger partial charge in [-0.2, -0.15) is 5.10 Å². The molecule has 2 N–H and O–H groups in total. The van der Waals surface area contributed by atoms with Crippen LogP contribution in [0.15, 0.2) is 53.0 Å². The smallest absolute Gasteiger partial charge is 0.231 e. The third-order valence-corrected chi connectivity index (χ3v) is 5.86. The molecule has 0 bridgehead atoms. The highest BCUT2D eigenvalue weighted by molar-refractivity contribution is 9.10. The normalized spacial score (nSPS) is 14.9. The molecule has 2 aromatic carbocycles. The molecule has 1 aromatic heterocycles. The second kappa shape index (κ2) is 7.75. The SMILES string of the molecule is COc1ccc(-c2n[nH]c(CNC(=O)C3(c4ccc(Br)cc4)CCC3)n2)cc1. The van der Waals surface area contributed by atoms with Gasteiger partial charge in [0, 0.05) is 10.0 Å². The lowest BCUT2D eigenvalue weighted by Gasteiger charge is -2.40. The van der Waals surface area contributed by atoms with E-state index in [1.54, 1.807) is 7.11 Å². The fourth-order valence-corrected chi connectivity index (χ4v) is 3.79. The number of amides is 1. The molecule has 1 aliphatic carbocycles. The topological polar surface area (TPSA) is 79.9 Å². The predicted octanol–water partition coefficient (Wildman–Crippen LogP) is 3.98. The van der Waals surface area contributed by atoms with E-state index in [0.29, 0.717) is 18.2 Å². The molecule has 4 rings (SSSR count). The number of aromatic nitrogens is 3. The second-order valence-electron chi connectivity index (χ2n) is 6.96. The van der Waals surface area contributed by atoms with E-state index in [4.69, 9.17) is 4.74 Å². The van der Waals surface area contributed by atoms with Crippen LogP contribution >= 0.6 is 15.9 Å². The number of aromatic amines is 1. The molecule has 0 aliphatic heterocycles. The van der Waals surface area contributed by atoms with E-state index in [9.17, 15) is 4.79 Å². The van der Waals surface area contributed by atoms with E-state index in [0.717, 1.165) is 40.6 Å². The van der Waals surface area contributed by atoms with Crippen molar-refractivity contribution in [2.24, 2.45) is 0 Å². The number of nitrogens with one attached hydrogen (secondary N) is 2. The zero-order valence-corrected chi connectivity index (χ0v) is 17.1. The number of rotatable bonds is 6. The van der Waals surface area contributed by atoms with Crippen LogP contribution in [0.2, 0.25) is 0 Å². The molecule has 3 aromatic rings. The quantitative estimate of drug-likeness (QED) is 0.607. The van der Waals surface area contributed by atoms with Crippen LogP contribution in [0.3, 0.4) is 0 Å². The van der Waals surface area contributed by atoms with Crippen LogP contribution in [-0.2, 0) is 16.8 Å². The lowest BCUT2D eigenvalue weighted by Crippen LogP contribution is -2.49. The molecule has 0 radical (unpaired) electrons. The molecule has 1 heterocycles. The average Bonchev–Trinajstić information content (AvgIpc) is 3.16. The van der Waals surface area contributed by atoms with Crippen LogP contribution < -0.4 is 10.1 Å². The van der Waals surface area contributed by atoms with Gasteiger partial charge in [0.1, 0.15) is 11.6 Å². The van der Waals surface area contributed by atoms with Crippen molar-refractivity contribution < 1.29 is 9.53 Å². The Morgan fingerprint density at radius 2 is 1.89 bits per heavy atom. The Bertz CT molecular complexity index is 963. The Kier molecular flexibility index (Phi) is 5.17. The van der Waals surface area contributed by atoms with Crippen LogP contribution in [0.4, 0.5) is 0 Å². The first-order valence-corrected chi connectivity index (χ1v) is 10.00. The standard InChI is InChI=1S/C21H21BrN4O2/c1-28-17-9-3-14(4-10-17)19-24-18(25-26-19)13-23-20(27)21(11-2-12-21)15-5-7-16(22)8-6-15/h3-10H,2,11-13H2,1H3,(H,23,27)(H,24,25,26). The maximum atomic E-state index is 13.0. The van der Waals surface area contributed by atoms with E-state index in [2.05, 4.69) is 36.4 Å². The summed E-state index contributed by atoms with van der Waals surface area (Å²) in [6, 6.07) is 15.6. The molecule has 0 atom stereocenters. The maximum Gasteiger partial charge on any atom is 0.231 e. The highest BCUT2D eigenvalue weighted by Crippen LogP contribution is 2.44. The number of H-pyrrole nitrogens is 1. The minimum absolute atomic E-state index is 0.0449. The molecular formula is C21H21BrN4O2. The number of hydrogen-bond donors (Lipinski definition) is 2. The maximum absolute atomic E-state index is 13.0. The van der Waals surface area contributed by atoms with Gasteiger partial charge in [0.15, 0.2) is 5.82 Å². The summed E-state index contributed by atoms with van der Waals surface area (Å²) in [6.45, 7) is 0.320. The Labute approximate surface area is 171 Å². The zero-order valence-electron chi connectivity index (χ0n) is 15.5. The van der Waals surface area contributed by atoms with Gasteiger partial charge < -0.3 is 10.1 Å². The van der Waals surface area contributed by atoms with Gasteiger partial charge in [-0.25, -0.2) is 4.98 Å². The Morgan fingerprint density at radius 3 is 2.50 bits per heavy atom. The van der Waals surface area contributed by atoms with Crippen molar-refractivity contribution in [1.29, 1.82) is 0 Å². The average molecular weight is 441 g/mol. The van der Waals surface area contributed by atoms with E-state index in [-0.39, 0.29) is 5.91 Å². The third-order valence-electron chi connectivity index (χ3n) is 5.33. The molecule has 1 amide bonds. The number of ether oxygens (including phenoxy) is 1. The molecule has 7 heteroatoms. The van der Waals surface area contributed by atoms with E-state index in [1.807, 2.05) is 48.5 Å². The lowest BCUT2D eigenvalue weighted by atomic mass is 9.64. The van der Waals surface area contributed by atoms with Crippen molar-refractivity contribution in [3.63, 3.8) is 0 Å². The number of halogens is 1. The third kappa shape index (κ3) is 3.54. The van der Waals surface area contributed by atoms with Crippen molar-refractivity contribution in [3.8, 4) is 17.1 Å². The van der Waals surface area contributed by atoms with Crippen molar-refractivity contribution in [2.45, 2.75) is 31.2 Å². The molecule has 1 fully saturated rings. The van der Waals surface area contributed by atoms with Gasteiger partial charge in [-0.1, -0.05) is 34.5 Å². The van der Waals surface area contributed by atoms with Crippen molar-refractivity contribution in [3.05, 3.63) is 64.4 Å². The van der Waals surface area contributed by atoms with Crippen molar-refractivity contribution in [1.82, 2.24) is 20.5 Å². The summed E-state index contributed by atoms with van der Waals surface area (Å²) in [7, 11) is 1.63. The number of nitrogens with zero attached hydrogens (tertiary/aromatic N) is 2. The van der Waals surface area contributed by atoms with Gasteiger partial charge in [-0.3, -0.25) is 9.89 Å². The first-order chi connectivity index (χ1) is 13.6. The Morgan fingerprint density at radius 1 is 1.18 bits per heavy atom. The van der Waals surface area contributed by atoms with E-state index in [1.165, 1.54) is 0 Å². The number of carbonyl (C=O) groups excluding carboxylic acids is 1. The summed E-state index contributed by atoms with van der Waals surface area (Å²) in [5, 5.41) is 10.2. The Balaban J connectivity index is 1.43. The van der Waals surface area contributed by atoms with Gasteiger partial charge in [0.05, 0.1) is 19.1 Å². The largest absolute Gasteiger partial charge is 0.497 e. The monoisotopic (exact) mass is 440 g/mol. The van der Waals surface area contributed by atoms with Crippen LogP contribution in [-0.4, -0.2) is 28.2 Å². The fourth-order valence-electron chi connectivity index (χ4n) is 3.52. The number of carbonyl (C=O) groups is 1. The van der Waals surface area contributed by atoms with Gasteiger partial charge >= 0.3 is 0 Å². The number of benzene rings is 2. The van der Waals surface area contributed by atoms with Gasteiger partial charge in [0.2, 0.25) is 5.91 Å². The predicted molar refractivity (Wildman–Crippen MR) is 110 cm³/mol. The van der Waals surface area contributed by atoms with Gasteiger partial charge in [-0.15, -0.1) is 0 Å². The first-order valence-electron chi connectivity index (χ1n) is 9.21. The molecule has 28 heavy (non-hydrogen) atoms. The summed E-state index contributed by atoms with van der Waals surface area (Å²) < 4.78 is 6.18. The zero-order chi connectivity index (χ0) is 19.6. The molecule has 0 unspecified atom stereocenters. The van der Waals surface area contributed by atoms with Crippen LogP contribution in [0, 0.1) is 0 Å². The van der Waals surface area contributed by atoms with Crippen molar-refractivity contribution >= 4 is 21.8 Å². The molecule has 0 spiro atoms. The molecule has 1 saturated carbocycles. The minimum Gasteiger partial charge on any atom is -0.497 e. The summed E-state index contributed by atoms with van der Waals surface area (Å²) >= 11 is 3.45. The molecule has 144 valence electrons. The van der Waals surface area contributed by atoms with E-state index < -0.39 is 5.41 Å². The fraction of sp³-hybridized carbons (Fsp3) is 0.286. The molecule has 6 nitrogen and oxygen atoms in total. The molecular weight excluding hydrogens is 420 g/mol. The Hall–Kier alpha value is -2.67. The van der Waals surface area contributed by atoms with Crippen molar-refractivity contribution in [2.75, 3.05) is 7.11 Å². The van der Waals surface area contributed by atoms with Gasteiger partial charge in [0.25, 0.3) is 0 Å². The molecule has 0 saturated heterocycles. The van der Waals surface area contributed by atoms with E-state index >= 15 is 0 Å².